The van der Waals surface area contributed by atoms with E-state index in [0.29, 0.717) is 13.0 Å². The molecule has 5 nitrogen and oxygen atoms in total. The molecule has 0 saturated carbocycles. The topological polar surface area (TPSA) is 75.4 Å². The summed E-state index contributed by atoms with van der Waals surface area (Å²) in [5, 5.41) is 15.9. The highest BCUT2D eigenvalue weighted by Gasteiger charge is 2.08. The van der Waals surface area contributed by atoms with Gasteiger partial charge in [0.2, 0.25) is 0 Å². The van der Waals surface area contributed by atoms with Gasteiger partial charge in [0.15, 0.2) is 0 Å². The van der Waals surface area contributed by atoms with Gasteiger partial charge in [0.25, 0.3) is 0 Å². The number of hydrogen-bond acceptors (Lipinski definition) is 4. The van der Waals surface area contributed by atoms with Crippen LogP contribution in [0.15, 0.2) is 28.8 Å². The smallest absolute Gasteiger partial charge is 0.303 e. The maximum absolute atomic E-state index is 10.6. The highest BCUT2D eigenvalue weighted by Crippen LogP contribution is 2.17. The Kier molecular flexibility index (Phi) is 4.40. The summed E-state index contributed by atoms with van der Waals surface area (Å²) >= 11 is 0. The molecule has 0 radical (unpaired) electrons. The van der Waals surface area contributed by atoms with Gasteiger partial charge in [-0.15, -0.1) is 0 Å². The van der Waals surface area contributed by atoms with Crippen molar-refractivity contribution >= 4 is 11.7 Å². The van der Waals surface area contributed by atoms with Crippen molar-refractivity contribution in [1.29, 1.82) is 0 Å². The molecule has 0 aliphatic heterocycles. The molecule has 2 aromatic rings. The lowest BCUT2D eigenvalue weighted by molar-refractivity contribution is -0.136. The van der Waals surface area contributed by atoms with E-state index in [9.17, 15) is 4.79 Å². The van der Waals surface area contributed by atoms with Crippen LogP contribution in [-0.4, -0.2) is 16.2 Å². The van der Waals surface area contributed by atoms with Crippen molar-refractivity contribution in [3.8, 4) is 0 Å². The normalized spacial score (nSPS) is 10.5. The standard InChI is InChI=1S/C15H18N2O3/c1-10-14(11(2)20-17-10)9-16-13-5-3-4-12(8-13)6-7-15(18)19/h3-5,8,16H,6-7,9H2,1-2H3,(H,18,19). The summed E-state index contributed by atoms with van der Waals surface area (Å²) in [4.78, 5) is 10.6. The van der Waals surface area contributed by atoms with Gasteiger partial charge in [-0.3, -0.25) is 4.79 Å². The number of carbonyl (C=O) groups is 1. The van der Waals surface area contributed by atoms with Crippen LogP contribution >= 0.6 is 0 Å². The lowest BCUT2D eigenvalue weighted by Crippen LogP contribution is -2.02. The van der Waals surface area contributed by atoms with Crippen LogP contribution in [0, 0.1) is 13.8 Å². The molecule has 106 valence electrons. The molecule has 0 saturated heterocycles. The van der Waals surface area contributed by atoms with Crippen molar-refractivity contribution in [2.75, 3.05) is 5.32 Å². The molecule has 0 atom stereocenters. The van der Waals surface area contributed by atoms with Crippen LogP contribution in [0.3, 0.4) is 0 Å². The largest absolute Gasteiger partial charge is 0.481 e. The minimum atomic E-state index is -0.779. The number of aliphatic carboxylic acids is 1. The zero-order chi connectivity index (χ0) is 14.5. The zero-order valence-corrected chi connectivity index (χ0v) is 11.6. The van der Waals surface area contributed by atoms with E-state index >= 15 is 0 Å². The summed E-state index contributed by atoms with van der Waals surface area (Å²) in [7, 11) is 0. The first-order valence-corrected chi connectivity index (χ1v) is 6.52. The fourth-order valence-corrected chi connectivity index (χ4v) is 2.03. The van der Waals surface area contributed by atoms with Gasteiger partial charge in [0, 0.05) is 24.2 Å². The van der Waals surface area contributed by atoms with Crippen LogP contribution in [-0.2, 0) is 17.8 Å². The maximum atomic E-state index is 10.6. The average molecular weight is 274 g/mol. The van der Waals surface area contributed by atoms with Gasteiger partial charge < -0.3 is 14.9 Å². The lowest BCUT2D eigenvalue weighted by Gasteiger charge is -2.08. The van der Waals surface area contributed by atoms with Gasteiger partial charge in [0.05, 0.1) is 5.69 Å². The molecule has 0 amide bonds. The third-order valence-corrected chi connectivity index (χ3v) is 3.21. The molecule has 2 N–H and O–H groups in total. The first-order chi connectivity index (χ1) is 9.56. The second kappa shape index (κ2) is 6.23. The number of carboxylic acid groups (broad SMARTS) is 1. The van der Waals surface area contributed by atoms with Crippen molar-refractivity contribution in [1.82, 2.24) is 5.16 Å². The molecule has 20 heavy (non-hydrogen) atoms. The fourth-order valence-electron chi connectivity index (χ4n) is 2.03. The quantitative estimate of drug-likeness (QED) is 0.847. The van der Waals surface area contributed by atoms with Crippen LogP contribution in [0.25, 0.3) is 0 Å². The number of benzene rings is 1. The predicted octanol–water partition coefficient (Wildman–Crippen LogP) is 2.92. The monoisotopic (exact) mass is 274 g/mol. The van der Waals surface area contributed by atoms with Crippen LogP contribution in [0.4, 0.5) is 5.69 Å². The molecule has 0 spiro atoms. The van der Waals surface area contributed by atoms with Gasteiger partial charge in [0.1, 0.15) is 5.76 Å². The number of aromatic nitrogens is 1. The summed E-state index contributed by atoms with van der Waals surface area (Å²) in [6.45, 7) is 4.45. The molecule has 1 heterocycles. The average Bonchev–Trinajstić information content (AvgIpc) is 2.74. The molecule has 0 unspecified atom stereocenters. The first kappa shape index (κ1) is 14.1. The van der Waals surface area contributed by atoms with Crippen LogP contribution in [0.1, 0.15) is 29.0 Å². The van der Waals surface area contributed by atoms with Crippen LogP contribution in [0.2, 0.25) is 0 Å². The van der Waals surface area contributed by atoms with E-state index in [1.165, 1.54) is 0 Å². The van der Waals surface area contributed by atoms with Crippen molar-refractivity contribution in [2.45, 2.75) is 33.2 Å². The van der Waals surface area contributed by atoms with Crippen molar-refractivity contribution in [2.24, 2.45) is 0 Å². The number of nitrogens with zero attached hydrogens (tertiary/aromatic N) is 1. The third-order valence-electron chi connectivity index (χ3n) is 3.21. The Bertz CT molecular complexity index is 585. The summed E-state index contributed by atoms with van der Waals surface area (Å²) in [5.41, 5.74) is 3.92. The summed E-state index contributed by atoms with van der Waals surface area (Å²) in [6.07, 6.45) is 0.684. The zero-order valence-electron chi connectivity index (χ0n) is 11.6. The SMILES string of the molecule is Cc1noc(C)c1CNc1cccc(CCC(=O)O)c1. The highest BCUT2D eigenvalue weighted by molar-refractivity contribution is 5.67. The van der Waals surface area contributed by atoms with Gasteiger partial charge >= 0.3 is 5.97 Å². The van der Waals surface area contributed by atoms with Gasteiger partial charge in [-0.25, -0.2) is 0 Å². The third kappa shape index (κ3) is 3.60. The second-order valence-electron chi connectivity index (χ2n) is 4.75. The van der Waals surface area contributed by atoms with Crippen molar-refractivity contribution in [3.05, 3.63) is 46.8 Å². The van der Waals surface area contributed by atoms with Crippen LogP contribution < -0.4 is 5.32 Å². The Labute approximate surface area is 117 Å². The Hall–Kier alpha value is -2.30. The first-order valence-electron chi connectivity index (χ1n) is 6.52. The minimum Gasteiger partial charge on any atom is -0.481 e. The Balaban J connectivity index is 1.99. The van der Waals surface area contributed by atoms with Gasteiger partial charge in [-0.1, -0.05) is 17.3 Å². The Morgan fingerprint density at radius 1 is 1.40 bits per heavy atom. The fraction of sp³-hybridized carbons (Fsp3) is 0.333. The lowest BCUT2D eigenvalue weighted by atomic mass is 10.1. The van der Waals surface area contributed by atoms with E-state index in [2.05, 4.69) is 10.5 Å². The number of hydrogen-bond donors (Lipinski definition) is 2. The summed E-state index contributed by atoms with van der Waals surface area (Å²) in [6, 6.07) is 7.79. The molecular weight excluding hydrogens is 256 g/mol. The number of nitrogens with one attached hydrogen (secondary N) is 1. The molecular formula is C15H18N2O3. The van der Waals surface area contributed by atoms with Gasteiger partial charge in [-0.2, -0.15) is 0 Å². The molecule has 0 bridgehead atoms. The molecule has 0 aliphatic rings. The van der Waals surface area contributed by atoms with Crippen molar-refractivity contribution in [3.63, 3.8) is 0 Å². The van der Waals surface area contributed by atoms with E-state index < -0.39 is 5.97 Å². The Morgan fingerprint density at radius 2 is 2.20 bits per heavy atom. The number of rotatable bonds is 6. The Morgan fingerprint density at radius 3 is 2.85 bits per heavy atom. The van der Waals surface area contributed by atoms with E-state index in [0.717, 1.165) is 28.3 Å². The summed E-state index contributed by atoms with van der Waals surface area (Å²) in [5.74, 6) is 0.0381. The van der Waals surface area contributed by atoms with E-state index in [1.807, 2.05) is 38.1 Å². The summed E-state index contributed by atoms with van der Waals surface area (Å²) < 4.78 is 5.12. The predicted molar refractivity (Wildman–Crippen MR) is 75.7 cm³/mol. The van der Waals surface area contributed by atoms with Crippen molar-refractivity contribution < 1.29 is 14.4 Å². The van der Waals surface area contributed by atoms with E-state index in [1.54, 1.807) is 0 Å². The second-order valence-corrected chi connectivity index (χ2v) is 4.75. The van der Waals surface area contributed by atoms with Crippen LogP contribution in [0.5, 0.6) is 0 Å². The van der Waals surface area contributed by atoms with E-state index in [-0.39, 0.29) is 6.42 Å². The molecule has 2 rings (SSSR count). The number of anilines is 1. The maximum Gasteiger partial charge on any atom is 0.303 e. The number of carboxylic acids is 1. The van der Waals surface area contributed by atoms with Gasteiger partial charge in [-0.05, 0) is 38.0 Å². The number of aryl methyl sites for hydroxylation is 3. The molecule has 1 aromatic heterocycles. The molecule has 1 aromatic carbocycles. The molecule has 5 heteroatoms. The molecule has 0 aliphatic carbocycles. The van der Waals surface area contributed by atoms with E-state index in [4.69, 9.17) is 9.63 Å². The minimum absolute atomic E-state index is 0.146. The highest BCUT2D eigenvalue weighted by atomic mass is 16.5. The molecule has 0 fully saturated rings.